The summed E-state index contributed by atoms with van der Waals surface area (Å²) in [5, 5.41) is 0.973. The van der Waals surface area contributed by atoms with Crippen molar-refractivity contribution in [1.82, 2.24) is 9.88 Å². The van der Waals surface area contributed by atoms with Gasteiger partial charge in [0.15, 0.2) is 0 Å². The molecule has 0 aromatic carbocycles. The van der Waals surface area contributed by atoms with Crippen molar-refractivity contribution in [2.24, 2.45) is 0 Å². The Kier molecular flexibility index (Phi) is 7.77. The molecule has 0 N–H and O–H groups in total. The van der Waals surface area contributed by atoms with Crippen molar-refractivity contribution in [2.45, 2.75) is 26.1 Å². The summed E-state index contributed by atoms with van der Waals surface area (Å²) in [6, 6.07) is 0. The van der Waals surface area contributed by atoms with Crippen molar-refractivity contribution in [3.63, 3.8) is 0 Å². The van der Waals surface area contributed by atoms with Gasteiger partial charge in [-0.15, -0.1) is 11.3 Å². The van der Waals surface area contributed by atoms with Gasteiger partial charge in [0.1, 0.15) is 6.61 Å². The molecule has 0 aliphatic rings. The third kappa shape index (κ3) is 7.71. The van der Waals surface area contributed by atoms with Crippen molar-refractivity contribution in [1.29, 1.82) is 0 Å². The number of methoxy groups -OCH3 is 1. The fourth-order valence-corrected chi connectivity index (χ4v) is 2.55. The third-order valence-corrected chi connectivity index (χ3v) is 3.81. The van der Waals surface area contributed by atoms with Crippen LogP contribution < -0.4 is 0 Å². The van der Waals surface area contributed by atoms with Gasteiger partial charge in [0, 0.05) is 24.2 Å². The van der Waals surface area contributed by atoms with Crippen LogP contribution in [0.1, 0.15) is 16.8 Å². The molecule has 0 saturated carbocycles. The molecule has 0 bridgehead atoms. The predicted molar refractivity (Wildman–Crippen MR) is 75.7 cm³/mol. The first kappa shape index (κ1) is 18.9. The Morgan fingerprint density at radius 2 is 2.18 bits per heavy atom. The molecule has 1 heterocycles. The lowest BCUT2D eigenvalue weighted by Gasteiger charge is -2.20. The quantitative estimate of drug-likeness (QED) is 0.510. The van der Waals surface area contributed by atoms with Crippen molar-refractivity contribution in [3.05, 3.63) is 16.1 Å². The molecule has 0 unspecified atom stereocenters. The largest absolute Gasteiger partial charge is 0.468 e. The number of carbonyl (C=O) groups excluding carboxylic acids is 1. The van der Waals surface area contributed by atoms with E-state index in [4.69, 9.17) is 0 Å². The first-order valence-electron chi connectivity index (χ1n) is 6.71. The minimum Gasteiger partial charge on any atom is -0.468 e. The molecule has 1 rings (SSSR count). The monoisotopic (exact) mass is 340 g/mol. The third-order valence-electron chi connectivity index (χ3n) is 2.68. The fourth-order valence-electron chi connectivity index (χ4n) is 1.65. The summed E-state index contributed by atoms with van der Waals surface area (Å²) in [7, 11) is 1.27. The second-order valence-electron chi connectivity index (χ2n) is 4.53. The number of aryl methyl sites for hydroxylation is 1. The van der Waals surface area contributed by atoms with Crippen LogP contribution in [0.3, 0.4) is 0 Å². The summed E-state index contributed by atoms with van der Waals surface area (Å²) in [6.45, 7) is 1.19. The number of nitrogens with zero attached hydrogens (tertiary/aromatic N) is 2. The number of aromatic nitrogens is 1. The molecule has 0 saturated heterocycles. The maximum absolute atomic E-state index is 12.0. The average Bonchev–Trinajstić information content (AvgIpc) is 2.89. The van der Waals surface area contributed by atoms with Crippen LogP contribution in [-0.2, 0) is 27.2 Å². The number of hydrogen-bond donors (Lipinski definition) is 0. The van der Waals surface area contributed by atoms with Gasteiger partial charge in [-0.05, 0) is 6.42 Å². The van der Waals surface area contributed by atoms with Crippen LogP contribution in [0, 0.1) is 0 Å². The van der Waals surface area contributed by atoms with Gasteiger partial charge in [0.2, 0.25) is 0 Å². The van der Waals surface area contributed by atoms with Gasteiger partial charge in [-0.1, -0.05) is 6.92 Å². The SMILES string of the molecule is CCc1ncc(CN(CCOCC(F)(F)F)CC(=O)OC)s1. The molecule has 0 amide bonds. The number of rotatable bonds is 9. The second kappa shape index (κ2) is 9.06. The lowest BCUT2D eigenvalue weighted by molar-refractivity contribution is -0.175. The number of thiazole rings is 1. The molecule has 0 aliphatic heterocycles. The van der Waals surface area contributed by atoms with E-state index in [1.54, 1.807) is 11.1 Å². The number of carbonyl (C=O) groups is 1. The van der Waals surface area contributed by atoms with Gasteiger partial charge >= 0.3 is 12.1 Å². The Hall–Kier alpha value is -1.19. The Morgan fingerprint density at radius 3 is 2.73 bits per heavy atom. The maximum Gasteiger partial charge on any atom is 0.411 e. The Labute approximate surface area is 131 Å². The molecule has 0 aliphatic carbocycles. The Morgan fingerprint density at radius 1 is 1.45 bits per heavy atom. The number of esters is 1. The summed E-state index contributed by atoms with van der Waals surface area (Å²) in [5.74, 6) is -0.448. The van der Waals surface area contributed by atoms with Crippen molar-refractivity contribution in [2.75, 3.05) is 33.4 Å². The van der Waals surface area contributed by atoms with Crippen LogP contribution in [-0.4, -0.2) is 55.4 Å². The van der Waals surface area contributed by atoms with E-state index in [-0.39, 0.29) is 19.7 Å². The molecule has 22 heavy (non-hydrogen) atoms. The predicted octanol–water partition coefficient (Wildman–Crippen LogP) is 2.26. The highest BCUT2D eigenvalue weighted by Crippen LogP contribution is 2.16. The van der Waals surface area contributed by atoms with E-state index in [1.807, 2.05) is 6.92 Å². The normalized spacial score (nSPS) is 11.9. The minimum atomic E-state index is -4.35. The first-order chi connectivity index (χ1) is 10.3. The molecule has 9 heteroatoms. The van der Waals surface area contributed by atoms with E-state index < -0.39 is 18.8 Å². The van der Waals surface area contributed by atoms with Crippen LogP contribution >= 0.6 is 11.3 Å². The zero-order valence-electron chi connectivity index (χ0n) is 12.5. The molecule has 1 aromatic rings. The van der Waals surface area contributed by atoms with E-state index in [1.165, 1.54) is 18.4 Å². The topological polar surface area (TPSA) is 51.7 Å². The van der Waals surface area contributed by atoms with Gasteiger partial charge in [0.25, 0.3) is 0 Å². The van der Waals surface area contributed by atoms with Gasteiger partial charge in [-0.3, -0.25) is 9.69 Å². The molecular formula is C13H19F3N2O3S. The minimum absolute atomic E-state index is 0.00869. The van der Waals surface area contributed by atoms with E-state index in [0.29, 0.717) is 6.54 Å². The molecule has 1 aromatic heterocycles. The van der Waals surface area contributed by atoms with E-state index >= 15 is 0 Å². The zero-order valence-corrected chi connectivity index (χ0v) is 13.3. The molecule has 0 fully saturated rings. The molecular weight excluding hydrogens is 321 g/mol. The average molecular weight is 340 g/mol. The Bertz CT molecular complexity index is 466. The maximum atomic E-state index is 12.0. The van der Waals surface area contributed by atoms with Crippen LogP contribution in [0.25, 0.3) is 0 Å². The number of hydrogen-bond acceptors (Lipinski definition) is 6. The van der Waals surface area contributed by atoms with E-state index in [9.17, 15) is 18.0 Å². The van der Waals surface area contributed by atoms with Crippen molar-refractivity contribution < 1.29 is 27.4 Å². The number of alkyl halides is 3. The van der Waals surface area contributed by atoms with Crippen LogP contribution in [0.4, 0.5) is 13.2 Å². The van der Waals surface area contributed by atoms with Crippen molar-refractivity contribution in [3.8, 4) is 0 Å². The van der Waals surface area contributed by atoms with Gasteiger partial charge in [-0.2, -0.15) is 13.2 Å². The fraction of sp³-hybridized carbons (Fsp3) is 0.692. The molecule has 126 valence electrons. The summed E-state index contributed by atoms with van der Waals surface area (Å²) in [5.41, 5.74) is 0. The zero-order chi connectivity index (χ0) is 16.6. The lowest BCUT2D eigenvalue weighted by Crippen LogP contribution is -2.33. The van der Waals surface area contributed by atoms with Crippen LogP contribution in [0.2, 0.25) is 0 Å². The summed E-state index contributed by atoms with van der Waals surface area (Å²) in [6.07, 6.45) is -1.82. The van der Waals surface area contributed by atoms with E-state index in [0.717, 1.165) is 16.3 Å². The summed E-state index contributed by atoms with van der Waals surface area (Å²) in [4.78, 5) is 18.2. The smallest absolute Gasteiger partial charge is 0.411 e. The molecule has 0 radical (unpaired) electrons. The lowest BCUT2D eigenvalue weighted by atomic mass is 10.4. The highest BCUT2D eigenvalue weighted by molar-refractivity contribution is 7.11. The van der Waals surface area contributed by atoms with Crippen LogP contribution in [0.15, 0.2) is 6.20 Å². The highest BCUT2D eigenvalue weighted by atomic mass is 32.1. The first-order valence-corrected chi connectivity index (χ1v) is 7.53. The van der Waals surface area contributed by atoms with Gasteiger partial charge in [0.05, 0.1) is 25.3 Å². The Balaban J connectivity index is 2.50. The standard InChI is InChI=1S/C13H19F3N2O3S/c1-3-11-17-6-10(22-11)7-18(8-12(19)20-2)4-5-21-9-13(14,15)16/h6H,3-5,7-9H2,1-2H3. The molecule has 0 spiro atoms. The summed E-state index contributed by atoms with van der Waals surface area (Å²) < 4.78 is 45.2. The van der Waals surface area contributed by atoms with E-state index in [2.05, 4.69) is 14.5 Å². The molecule has 0 atom stereocenters. The second-order valence-corrected chi connectivity index (χ2v) is 5.73. The molecule has 5 nitrogen and oxygen atoms in total. The highest BCUT2D eigenvalue weighted by Gasteiger charge is 2.27. The number of ether oxygens (including phenoxy) is 2. The number of halogens is 3. The van der Waals surface area contributed by atoms with Crippen molar-refractivity contribution >= 4 is 17.3 Å². The van der Waals surface area contributed by atoms with Crippen LogP contribution in [0.5, 0.6) is 0 Å². The van der Waals surface area contributed by atoms with Gasteiger partial charge < -0.3 is 9.47 Å². The summed E-state index contributed by atoms with van der Waals surface area (Å²) >= 11 is 1.51. The van der Waals surface area contributed by atoms with Gasteiger partial charge in [-0.25, -0.2) is 4.98 Å².